The van der Waals surface area contributed by atoms with Crippen LogP contribution in [0.4, 0.5) is 0 Å². The first-order chi connectivity index (χ1) is 11.7. The zero-order valence-electron chi connectivity index (χ0n) is 16.5. The van der Waals surface area contributed by atoms with Crippen molar-refractivity contribution < 1.29 is 0 Å². The lowest BCUT2D eigenvalue weighted by atomic mass is 9.59. The highest BCUT2D eigenvalue weighted by atomic mass is 14.4. The Morgan fingerprint density at radius 2 is 0.833 bits per heavy atom. The third-order valence-corrected chi connectivity index (χ3v) is 9.48. The summed E-state index contributed by atoms with van der Waals surface area (Å²) in [5, 5.41) is 0. The van der Waals surface area contributed by atoms with Gasteiger partial charge >= 0.3 is 0 Å². The monoisotopic (exact) mass is 330 g/mol. The van der Waals surface area contributed by atoms with Crippen LogP contribution in [-0.4, -0.2) is 0 Å². The highest BCUT2D eigenvalue weighted by Crippen LogP contribution is 2.50. The van der Waals surface area contributed by atoms with Crippen molar-refractivity contribution in [1.82, 2.24) is 0 Å². The Labute approximate surface area is 151 Å². The largest absolute Gasteiger partial charge is 0.0620 e. The molecule has 0 heterocycles. The normalized spacial score (nSPS) is 45.8. The van der Waals surface area contributed by atoms with Gasteiger partial charge in [-0.15, -0.1) is 0 Å². The van der Waals surface area contributed by atoms with E-state index in [1.807, 2.05) is 0 Å². The summed E-state index contributed by atoms with van der Waals surface area (Å²) in [5.74, 6) is 8.55. The van der Waals surface area contributed by atoms with Gasteiger partial charge in [0.1, 0.15) is 0 Å². The first kappa shape index (κ1) is 17.4. The first-order valence-electron chi connectivity index (χ1n) is 11.7. The van der Waals surface area contributed by atoms with Crippen LogP contribution in [0, 0.1) is 47.3 Å². The first-order valence-corrected chi connectivity index (χ1v) is 11.7. The van der Waals surface area contributed by atoms with E-state index >= 15 is 0 Å². The standard InChI is InChI=1S/C24H42/c1-17(21-13-11-19-7-3-5-9-23(19)15-21)18(2)22-14-12-20-8-4-6-10-24(20)16-22/h17-24H,3-16H2,1-2H3. The molecule has 24 heavy (non-hydrogen) atoms. The van der Waals surface area contributed by atoms with Gasteiger partial charge in [-0.25, -0.2) is 0 Å². The summed E-state index contributed by atoms with van der Waals surface area (Å²) in [6.07, 6.45) is 21.8. The van der Waals surface area contributed by atoms with Crippen molar-refractivity contribution in [2.75, 3.05) is 0 Å². The number of hydrogen-bond acceptors (Lipinski definition) is 0. The molecule has 0 heteroatoms. The van der Waals surface area contributed by atoms with Crippen LogP contribution in [0.2, 0.25) is 0 Å². The van der Waals surface area contributed by atoms with Crippen molar-refractivity contribution in [3.63, 3.8) is 0 Å². The topological polar surface area (TPSA) is 0 Å². The van der Waals surface area contributed by atoms with E-state index in [0.29, 0.717) is 0 Å². The van der Waals surface area contributed by atoms with Gasteiger partial charge in [0.2, 0.25) is 0 Å². The molecule has 0 bridgehead atoms. The van der Waals surface area contributed by atoms with Gasteiger partial charge in [-0.2, -0.15) is 0 Å². The second kappa shape index (κ2) is 7.71. The molecule has 0 nitrogen and oxygen atoms in total. The molecule has 0 aromatic rings. The van der Waals surface area contributed by atoms with Gasteiger partial charge in [0.25, 0.3) is 0 Å². The summed E-state index contributed by atoms with van der Waals surface area (Å²) in [6.45, 7) is 5.29. The molecule has 0 spiro atoms. The van der Waals surface area contributed by atoms with E-state index in [9.17, 15) is 0 Å². The predicted octanol–water partition coefficient (Wildman–Crippen LogP) is 7.47. The fourth-order valence-corrected chi connectivity index (χ4v) is 7.63. The van der Waals surface area contributed by atoms with Gasteiger partial charge < -0.3 is 0 Å². The van der Waals surface area contributed by atoms with Crippen LogP contribution in [0.3, 0.4) is 0 Å². The molecule has 4 fully saturated rings. The van der Waals surface area contributed by atoms with Crippen LogP contribution in [0.1, 0.15) is 104 Å². The Morgan fingerprint density at radius 1 is 0.458 bits per heavy atom. The summed E-state index contributed by atoms with van der Waals surface area (Å²) in [5.41, 5.74) is 0. The molecule has 8 atom stereocenters. The van der Waals surface area contributed by atoms with E-state index in [1.165, 1.54) is 25.7 Å². The lowest BCUT2D eigenvalue weighted by Gasteiger charge is -2.46. The average molecular weight is 331 g/mol. The third-order valence-electron chi connectivity index (χ3n) is 9.48. The maximum Gasteiger partial charge on any atom is -0.0383 e. The molecule has 0 saturated heterocycles. The Hall–Kier alpha value is 0. The summed E-state index contributed by atoms with van der Waals surface area (Å²) in [7, 11) is 0. The number of hydrogen-bond donors (Lipinski definition) is 0. The van der Waals surface area contributed by atoms with E-state index in [-0.39, 0.29) is 0 Å². The lowest BCUT2D eigenvalue weighted by molar-refractivity contribution is 0.0434. The molecule has 0 amide bonds. The molecule has 0 radical (unpaired) electrons. The zero-order chi connectivity index (χ0) is 16.5. The molecule has 138 valence electrons. The van der Waals surface area contributed by atoms with Crippen LogP contribution in [0.15, 0.2) is 0 Å². The summed E-state index contributed by atoms with van der Waals surface area (Å²) in [6, 6.07) is 0. The molecular weight excluding hydrogens is 288 g/mol. The molecule has 0 aromatic heterocycles. The molecule has 0 N–H and O–H groups in total. The molecule has 4 aliphatic rings. The van der Waals surface area contributed by atoms with Crippen molar-refractivity contribution >= 4 is 0 Å². The Bertz CT molecular complexity index is 361. The maximum absolute atomic E-state index is 2.64. The maximum atomic E-state index is 2.64. The molecule has 4 rings (SSSR count). The van der Waals surface area contributed by atoms with Crippen molar-refractivity contribution in [1.29, 1.82) is 0 Å². The van der Waals surface area contributed by atoms with Gasteiger partial charge in [0.15, 0.2) is 0 Å². The Kier molecular flexibility index (Phi) is 5.59. The minimum atomic E-state index is 0.984. The summed E-state index contributed by atoms with van der Waals surface area (Å²) >= 11 is 0. The lowest BCUT2D eigenvalue weighted by Crippen LogP contribution is -2.36. The fraction of sp³-hybridized carbons (Fsp3) is 1.00. The van der Waals surface area contributed by atoms with E-state index in [4.69, 9.17) is 0 Å². The van der Waals surface area contributed by atoms with Crippen LogP contribution in [0.25, 0.3) is 0 Å². The predicted molar refractivity (Wildman–Crippen MR) is 104 cm³/mol. The van der Waals surface area contributed by atoms with Crippen LogP contribution >= 0.6 is 0 Å². The highest BCUT2D eigenvalue weighted by molar-refractivity contribution is 4.90. The van der Waals surface area contributed by atoms with Gasteiger partial charge in [-0.1, -0.05) is 65.2 Å². The average Bonchev–Trinajstić information content (AvgIpc) is 2.66. The highest BCUT2D eigenvalue weighted by Gasteiger charge is 2.39. The summed E-state index contributed by atoms with van der Waals surface area (Å²) in [4.78, 5) is 0. The van der Waals surface area contributed by atoms with E-state index in [0.717, 1.165) is 47.3 Å². The Morgan fingerprint density at radius 3 is 1.25 bits per heavy atom. The molecule has 4 aliphatic carbocycles. The molecule has 0 aromatic carbocycles. The van der Waals surface area contributed by atoms with Crippen LogP contribution in [0.5, 0.6) is 0 Å². The van der Waals surface area contributed by atoms with Gasteiger partial charge in [0.05, 0.1) is 0 Å². The smallest absolute Gasteiger partial charge is 0.0383 e. The summed E-state index contributed by atoms with van der Waals surface area (Å²) < 4.78 is 0. The molecule has 0 aliphatic heterocycles. The zero-order valence-corrected chi connectivity index (χ0v) is 16.5. The second-order valence-electron chi connectivity index (χ2n) is 10.5. The third kappa shape index (κ3) is 3.59. The van der Waals surface area contributed by atoms with Crippen molar-refractivity contribution in [2.45, 2.75) is 104 Å². The number of rotatable bonds is 3. The SMILES string of the molecule is CC(C1CCC2CCCCC2C1)C(C)C1CCC2CCCCC2C1. The van der Waals surface area contributed by atoms with E-state index in [2.05, 4.69) is 13.8 Å². The quantitative estimate of drug-likeness (QED) is 0.503. The van der Waals surface area contributed by atoms with E-state index in [1.54, 1.807) is 64.2 Å². The van der Waals surface area contributed by atoms with Crippen molar-refractivity contribution in [2.24, 2.45) is 47.3 Å². The molecule has 8 unspecified atom stereocenters. The minimum absolute atomic E-state index is 0.984. The molecule has 4 saturated carbocycles. The van der Waals surface area contributed by atoms with Gasteiger partial charge in [-0.05, 0) is 85.9 Å². The van der Waals surface area contributed by atoms with E-state index < -0.39 is 0 Å². The Balaban J connectivity index is 1.33. The van der Waals surface area contributed by atoms with Gasteiger partial charge in [-0.3, -0.25) is 0 Å². The van der Waals surface area contributed by atoms with Crippen LogP contribution < -0.4 is 0 Å². The minimum Gasteiger partial charge on any atom is -0.0620 e. The van der Waals surface area contributed by atoms with Crippen molar-refractivity contribution in [3.8, 4) is 0 Å². The second-order valence-corrected chi connectivity index (χ2v) is 10.5. The van der Waals surface area contributed by atoms with Crippen LogP contribution in [-0.2, 0) is 0 Å². The fourth-order valence-electron chi connectivity index (χ4n) is 7.63. The number of fused-ring (bicyclic) bond motifs is 2. The van der Waals surface area contributed by atoms with Crippen molar-refractivity contribution in [3.05, 3.63) is 0 Å². The van der Waals surface area contributed by atoms with Gasteiger partial charge in [0, 0.05) is 0 Å². The molecular formula is C24H42.